The van der Waals surface area contributed by atoms with E-state index < -0.39 is 0 Å². The summed E-state index contributed by atoms with van der Waals surface area (Å²) in [5.41, 5.74) is 1.41. The highest BCUT2D eigenvalue weighted by Crippen LogP contribution is 2.23. The molecule has 84 valence electrons. The second kappa shape index (κ2) is 6.17. The molecule has 0 nitrogen and oxygen atoms in total. The van der Waals surface area contributed by atoms with Crippen LogP contribution < -0.4 is 0 Å². The van der Waals surface area contributed by atoms with Crippen molar-refractivity contribution in [3.05, 3.63) is 35.9 Å². The van der Waals surface area contributed by atoms with Gasteiger partial charge in [0.05, 0.1) is 0 Å². The van der Waals surface area contributed by atoms with E-state index in [1.807, 2.05) is 0 Å². The van der Waals surface area contributed by atoms with E-state index >= 15 is 0 Å². The van der Waals surface area contributed by atoms with Crippen LogP contribution in [0.2, 0.25) is 0 Å². The van der Waals surface area contributed by atoms with Crippen molar-refractivity contribution in [1.29, 1.82) is 0 Å². The molecule has 0 aromatic heterocycles. The van der Waals surface area contributed by atoms with Crippen LogP contribution in [0.3, 0.4) is 0 Å². The van der Waals surface area contributed by atoms with Gasteiger partial charge < -0.3 is 0 Å². The Hall–Kier alpha value is -0.490. The first-order valence-corrected chi connectivity index (χ1v) is 6.23. The average Bonchev–Trinajstić information content (AvgIpc) is 2.26. The molecule has 0 bridgehead atoms. The third kappa shape index (κ3) is 4.25. The van der Waals surface area contributed by atoms with Gasteiger partial charge in [-0.2, -0.15) is 0 Å². The smallest absolute Gasteiger partial charge is 0.0384 e. The lowest BCUT2D eigenvalue weighted by Crippen LogP contribution is -2.18. The second-order valence-electron chi connectivity index (χ2n) is 4.69. The van der Waals surface area contributed by atoms with Crippen molar-refractivity contribution in [2.24, 2.45) is 11.8 Å². The number of aryl methyl sites for hydroxylation is 1. The van der Waals surface area contributed by atoms with Crippen molar-refractivity contribution >= 4 is 11.6 Å². The van der Waals surface area contributed by atoms with Gasteiger partial charge in [0.2, 0.25) is 0 Å². The molecule has 0 spiro atoms. The third-order valence-corrected chi connectivity index (χ3v) is 3.85. The average molecular weight is 225 g/mol. The number of halogens is 1. The van der Waals surface area contributed by atoms with Gasteiger partial charge in [-0.05, 0) is 30.2 Å². The Balaban J connectivity index is 2.37. The molecular weight excluding hydrogens is 204 g/mol. The second-order valence-corrected chi connectivity index (χ2v) is 5.19. The highest BCUT2D eigenvalue weighted by atomic mass is 35.5. The summed E-state index contributed by atoms with van der Waals surface area (Å²) in [6, 6.07) is 10.6. The molecule has 0 saturated heterocycles. The summed E-state index contributed by atoms with van der Waals surface area (Å²) in [5, 5.41) is 0.300. The van der Waals surface area contributed by atoms with Gasteiger partial charge in [-0.3, -0.25) is 0 Å². The Morgan fingerprint density at radius 2 is 1.67 bits per heavy atom. The van der Waals surface area contributed by atoms with Crippen LogP contribution in [0.1, 0.15) is 32.8 Å². The van der Waals surface area contributed by atoms with E-state index in [2.05, 4.69) is 51.1 Å². The normalized spacial score (nSPS) is 15.3. The van der Waals surface area contributed by atoms with Gasteiger partial charge in [0.1, 0.15) is 0 Å². The number of benzene rings is 1. The first-order chi connectivity index (χ1) is 7.11. The Labute approximate surface area is 98.7 Å². The number of alkyl halides is 1. The van der Waals surface area contributed by atoms with Gasteiger partial charge in [-0.15, -0.1) is 11.6 Å². The summed E-state index contributed by atoms with van der Waals surface area (Å²) in [6.45, 7) is 6.63. The Kier molecular flexibility index (Phi) is 5.17. The van der Waals surface area contributed by atoms with Gasteiger partial charge >= 0.3 is 0 Å². The van der Waals surface area contributed by atoms with E-state index in [4.69, 9.17) is 11.6 Å². The first-order valence-electron chi connectivity index (χ1n) is 5.79. The largest absolute Gasteiger partial charge is 0.122 e. The summed E-state index contributed by atoms with van der Waals surface area (Å²) in [5.74, 6) is 1.16. The maximum atomic E-state index is 6.33. The standard InChI is InChI=1S/C14H21Cl/c1-11(2)14(15)12(3)9-10-13-7-5-4-6-8-13/h4-8,11-12,14H,9-10H2,1-3H3. The zero-order chi connectivity index (χ0) is 11.3. The molecular formula is C14H21Cl. The van der Waals surface area contributed by atoms with E-state index in [-0.39, 0.29) is 0 Å². The zero-order valence-corrected chi connectivity index (χ0v) is 10.7. The van der Waals surface area contributed by atoms with Crippen LogP contribution >= 0.6 is 11.6 Å². The highest BCUT2D eigenvalue weighted by molar-refractivity contribution is 6.20. The minimum absolute atomic E-state index is 0.300. The fourth-order valence-electron chi connectivity index (χ4n) is 1.86. The van der Waals surface area contributed by atoms with Crippen molar-refractivity contribution < 1.29 is 0 Å². The van der Waals surface area contributed by atoms with Crippen LogP contribution in [0.15, 0.2) is 30.3 Å². The topological polar surface area (TPSA) is 0 Å². The van der Waals surface area contributed by atoms with Crippen LogP contribution in [0.25, 0.3) is 0 Å². The maximum Gasteiger partial charge on any atom is 0.0384 e. The maximum absolute atomic E-state index is 6.33. The fraction of sp³-hybridized carbons (Fsp3) is 0.571. The van der Waals surface area contributed by atoms with Crippen molar-refractivity contribution in [1.82, 2.24) is 0 Å². The lowest BCUT2D eigenvalue weighted by molar-refractivity contribution is 0.424. The van der Waals surface area contributed by atoms with Crippen molar-refractivity contribution in [2.45, 2.75) is 39.0 Å². The van der Waals surface area contributed by atoms with E-state index in [1.54, 1.807) is 0 Å². The molecule has 15 heavy (non-hydrogen) atoms. The molecule has 1 aromatic carbocycles. The Morgan fingerprint density at radius 3 is 2.20 bits per heavy atom. The van der Waals surface area contributed by atoms with Gasteiger partial charge in [-0.25, -0.2) is 0 Å². The SMILES string of the molecule is CC(C)C(Cl)C(C)CCc1ccccc1. The number of hydrogen-bond donors (Lipinski definition) is 0. The molecule has 0 aliphatic carbocycles. The van der Waals surface area contributed by atoms with Crippen LogP contribution in [-0.4, -0.2) is 5.38 Å². The summed E-state index contributed by atoms with van der Waals surface area (Å²) in [4.78, 5) is 0. The van der Waals surface area contributed by atoms with E-state index in [0.717, 1.165) is 6.42 Å². The molecule has 0 N–H and O–H groups in total. The predicted molar refractivity (Wildman–Crippen MR) is 68.4 cm³/mol. The monoisotopic (exact) mass is 224 g/mol. The molecule has 0 amide bonds. The Bertz CT molecular complexity index is 266. The third-order valence-electron chi connectivity index (χ3n) is 2.91. The molecule has 1 rings (SSSR count). The van der Waals surface area contributed by atoms with E-state index in [9.17, 15) is 0 Å². The molecule has 0 fully saturated rings. The van der Waals surface area contributed by atoms with Crippen LogP contribution in [0.5, 0.6) is 0 Å². The summed E-state index contributed by atoms with van der Waals surface area (Å²) >= 11 is 6.33. The molecule has 0 aliphatic rings. The molecule has 1 aromatic rings. The summed E-state index contributed by atoms with van der Waals surface area (Å²) in [6.07, 6.45) is 2.31. The fourth-order valence-corrected chi connectivity index (χ4v) is 1.98. The molecule has 1 heteroatoms. The quantitative estimate of drug-likeness (QED) is 0.646. The minimum Gasteiger partial charge on any atom is -0.122 e. The predicted octanol–water partition coefficient (Wildman–Crippen LogP) is 4.52. The van der Waals surface area contributed by atoms with Crippen LogP contribution in [0, 0.1) is 11.8 Å². The molecule has 0 saturated carbocycles. The van der Waals surface area contributed by atoms with Crippen molar-refractivity contribution in [3.63, 3.8) is 0 Å². The number of rotatable bonds is 5. The first kappa shape index (κ1) is 12.6. The van der Waals surface area contributed by atoms with Gasteiger partial charge in [0, 0.05) is 5.38 Å². The molecule has 0 radical (unpaired) electrons. The lowest BCUT2D eigenvalue weighted by Gasteiger charge is -2.21. The molecule has 2 atom stereocenters. The number of hydrogen-bond acceptors (Lipinski definition) is 0. The zero-order valence-electron chi connectivity index (χ0n) is 9.91. The lowest BCUT2D eigenvalue weighted by atomic mass is 9.92. The van der Waals surface area contributed by atoms with Gasteiger partial charge in [0.25, 0.3) is 0 Å². The van der Waals surface area contributed by atoms with Crippen LogP contribution in [-0.2, 0) is 6.42 Å². The molecule has 0 heterocycles. The molecule has 0 aliphatic heterocycles. The van der Waals surface area contributed by atoms with E-state index in [1.165, 1.54) is 12.0 Å². The van der Waals surface area contributed by atoms with Crippen molar-refractivity contribution in [2.75, 3.05) is 0 Å². The summed E-state index contributed by atoms with van der Waals surface area (Å²) < 4.78 is 0. The molecule has 2 unspecified atom stereocenters. The summed E-state index contributed by atoms with van der Waals surface area (Å²) in [7, 11) is 0. The Morgan fingerprint density at radius 1 is 1.07 bits per heavy atom. The van der Waals surface area contributed by atoms with Crippen LogP contribution in [0.4, 0.5) is 0 Å². The minimum atomic E-state index is 0.300. The van der Waals surface area contributed by atoms with Gasteiger partial charge in [-0.1, -0.05) is 51.1 Å². The highest BCUT2D eigenvalue weighted by Gasteiger charge is 2.17. The van der Waals surface area contributed by atoms with Gasteiger partial charge in [0.15, 0.2) is 0 Å². The van der Waals surface area contributed by atoms with Crippen molar-refractivity contribution in [3.8, 4) is 0 Å². The van der Waals surface area contributed by atoms with E-state index in [0.29, 0.717) is 17.2 Å².